The van der Waals surface area contributed by atoms with Gasteiger partial charge in [-0.15, -0.1) is 0 Å². The van der Waals surface area contributed by atoms with Crippen LogP contribution in [0.5, 0.6) is 0 Å². The number of carbonyl (C=O) groups is 2. The lowest BCUT2D eigenvalue weighted by Gasteiger charge is -2.44. The Labute approximate surface area is 138 Å². The van der Waals surface area contributed by atoms with E-state index in [1.54, 1.807) is 0 Å². The van der Waals surface area contributed by atoms with Crippen LogP contribution in [-0.4, -0.2) is 50.9 Å². The molecule has 0 N–H and O–H groups in total. The molecule has 0 aliphatic rings. The average molecular weight is 378 g/mol. The van der Waals surface area contributed by atoms with Crippen LogP contribution in [-0.2, 0) is 19.1 Å². The number of halogens is 5. The Morgan fingerprint density at radius 3 is 1.62 bits per heavy atom. The van der Waals surface area contributed by atoms with Crippen LogP contribution in [0.1, 0.15) is 20.8 Å². The molecule has 0 amide bonds. The number of rotatable bonds is 6. The standard InChI is InChI=1S/C14H23F5O4Si/c1-12(2,3)23-11(21)13(10(20)22-4,8(15)9(16)17)14(18,19)24(5,6)7/h8-9H,1-7H3. The monoisotopic (exact) mass is 378 g/mol. The number of esters is 2. The summed E-state index contributed by atoms with van der Waals surface area (Å²) >= 11 is 0. The maximum atomic E-state index is 15.0. The van der Waals surface area contributed by atoms with Gasteiger partial charge < -0.3 is 9.47 Å². The number of methoxy groups -OCH3 is 1. The van der Waals surface area contributed by atoms with E-state index in [0.717, 1.165) is 19.6 Å². The fraction of sp³-hybridized carbons (Fsp3) is 0.857. The molecule has 0 heterocycles. The van der Waals surface area contributed by atoms with Crippen LogP contribution >= 0.6 is 0 Å². The molecule has 0 spiro atoms. The topological polar surface area (TPSA) is 52.6 Å². The smallest absolute Gasteiger partial charge is 0.333 e. The van der Waals surface area contributed by atoms with Gasteiger partial charge in [0, 0.05) is 0 Å². The molecule has 142 valence electrons. The Balaban J connectivity index is 6.72. The normalized spacial score (nSPS) is 17.2. The number of ether oxygens (including phenoxy) is 2. The summed E-state index contributed by atoms with van der Waals surface area (Å²) in [7, 11) is -3.24. The molecule has 2 atom stereocenters. The maximum Gasteiger partial charge on any atom is 0.333 e. The number of hydrogen-bond donors (Lipinski definition) is 0. The van der Waals surface area contributed by atoms with Crippen molar-refractivity contribution in [3.05, 3.63) is 0 Å². The van der Waals surface area contributed by atoms with E-state index < -0.39 is 49.2 Å². The van der Waals surface area contributed by atoms with Gasteiger partial charge in [-0.1, -0.05) is 19.6 Å². The molecular formula is C14H23F5O4Si. The molecule has 0 aromatic carbocycles. The van der Waals surface area contributed by atoms with E-state index in [9.17, 15) is 22.8 Å². The zero-order chi connectivity index (χ0) is 19.7. The van der Waals surface area contributed by atoms with Crippen LogP contribution in [0.4, 0.5) is 22.0 Å². The first-order valence-electron chi connectivity index (χ1n) is 7.08. The van der Waals surface area contributed by atoms with Gasteiger partial charge in [0.05, 0.1) is 7.11 Å². The largest absolute Gasteiger partial charge is 0.468 e. The Morgan fingerprint density at radius 2 is 1.38 bits per heavy atom. The van der Waals surface area contributed by atoms with E-state index in [1.807, 2.05) is 0 Å². The van der Waals surface area contributed by atoms with Gasteiger partial charge in [0.15, 0.2) is 6.17 Å². The first-order chi connectivity index (χ1) is 10.5. The van der Waals surface area contributed by atoms with Crippen LogP contribution in [0.25, 0.3) is 0 Å². The van der Waals surface area contributed by atoms with Crippen LogP contribution in [0.2, 0.25) is 19.6 Å². The van der Waals surface area contributed by atoms with Crippen molar-refractivity contribution in [3.63, 3.8) is 0 Å². The van der Waals surface area contributed by atoms with Crippen molar-refractivity contribution in [1.29, 1.82) is 0 Å². The third-order valence-corrected chi connectivity index (χ3v) is 5.58. The van der Waals surface area contributed by atoms with E-state index in [2.05, 4.69) is 4.74 Å². The fourth-order valence-corrected chi connectivity index (χ4v) is 3.56. The summed E-state index contributed by atoms with van der Waals surface area (Å²) in [4.78, 5) is 24.4. The molecule has 0 radical (unpaired) electrons. The van der Waals surface area contributed by atoms with Gasteiger partial charge >= 0.3 is 11.9 Å². The average Bonchev–Trinajstić information content (AvgIpc) is 2.34. The Morgan fingerprint density at radius 1 is 0.958 bits per heavy atom. The number of carbonyl (C=O) groups excluding carboxylic acids is 2. The van der Waals surface area contributed by atoms with E-state index >= 15 is 8.78 Å². The van der Waals surface area contributed by atoms with Gasteiger partial charge in [0.2, 0.25) is 0 Å². The molecule has 0 aromatic rings. The molecule has 2 unspecified atom stereocenters. The van der Waals surface area contributed by atoms with Crippen molar-refractivity contribution in [2.75, 3.05) is 7.11 Å². The third kappa shape index (κ3) is 3.89. The molecule has 4 nitrogen and oxygen atoms in total. The van der Waals surface area contributed by atoms with E-state index in [1.165, 1.54) is 20.8 Å². The molecule has 0 rings (SSSR count). The zero-order valence-corrected chi connectivity index (χ0v) is 15.7. The highest BCUT2D eigenvalue weighted by molar-refractivity contribution is 6.79. The summed E-state index contributed by atoms with van der Waals surface area (Å²) in [6.07, 6.45) is -7.81. The molecule has 0 aliphatic heterocycles. The Bertz CT molecular complexity index is 485. The number of hydrogen-bond acceptors (Lipinski definition) is 4. The van der Waals surface area contributed by atoms with Crippen molar-refractivity contribution in [1.82, 2.24) is 0 Å². The molecule has 0 aromatic heterocycles. The minimum atomic E-state index is -4.40. The van der Waals surface area contributed by atoms with Gasteiger partial charge in [-0.2, -0.15) is 0 Å². The highest BCUT2D eigenvalue weighted by atomic mass is 28.3. The molecule has 10 heteroatoms. The van der Waals surface area contributed by atoms with Crippen molar-refractivity contribution in [3.8, 4) is 0 Å². The molecule has 0 fully saturated rings. The SMILES string of the molecule is COC(=O)C(C(=O)OC(C)(C)C)(C(F)C(F)F)C(F)(F)[Si](C)(C)C. The predicted molar refractivity (Wildman–Crippen MR) is 79.5 cm³/mol. The molecule has 0 saturated carbocycles. The van der Waals surface area contributed by atoms with Crippen LogP contribution in [0.15, 0.2) is 0 Å². The van der Waals surface area contributed by atoms with Gasteiger partial charge in [0.1, 0.15) is 13.7 Å². The van der Waals surface area contributed by atoms with Crippen LogP contribution < -0.4 is 0 Å². The molecule has 0 bridgehead atoms. The van der Waals surface area contributed by atoms with Crippen molar-refractivity contribution < 1.29 is 41.0 Å². The second-order valence-electron chi connectivity index (χ2n) is 7.36. The van der Waals surface area contributed by atoms with Crippen molar-refractivity contribution in [2.24, 2.45) is 5.41 Å². The summed E-state index contributed by atoms with van der Waals surface area (Å²) in [6.45, 7) is 6.88. The Kier molecular flexibility index (Phi) is 6.62. The maximum absolute atomic E-state index is 15.0. The van der Waals surface area contributed by atoms with E-state index in [0.29, 0.717) is 7.11 Å². The Hall–Kier alpha value is -1.19. The predicted octanol–water partition coefficient (Wildman–Crippen LogP) is 3.60. The molecule has 0 aliphatic carbocycles. The quantitative estimate of drug-likeness (QED) is 0.307. The fourth-order valence-electron chi connectivity index (χ4n) is 2.04. The lowest BCUT2D eigenvalue weighted by Crippen LogP contribution is -2.70. The first-order valence-corrected chi connectivity index (χ1v) is 10.6. The summed E-state index contributed by atoms with van der Waals surface area (Å²) in [5, 5.41) is 0. The third-order valence-electron chi connectivity index (χ3n) is 3.30. The summed E-state index contributed by atoms with van der Waals surface area (Å²) in [6, 6.07) is 0. The van der Waals surface area contributed by atoms with Gasteiger partial charge in [-0.3, -0.25) is 9.59 Å². The van der Waals surface area contributed by atoms with Gasteiger partial charge in [0.25, 0.3) is 17.4 Å². The summed E-state index contributed by atoms with van der Waals surface area (Å²) < 4.78 is 79.2. The molecule has 0 saturated heterocycles. The van der Waals surface area contributed by atoms with Crippen LogP contribution in [0.3, 0.4) is 0 Å². The lowest BCUT2D eigenvalue weighted by molar-refractivity contribution is -0.213. The second kappa shape index (κ2) is 6.97. The van der Waals surface area contributed by atoms with Crippen molar-refractivity contribution >= 4 is 20.0 Å². The molecular weight excluding hydrogens is 355 g/mol. The minimum absolute atomic E-state index is 0.611. The highest BCUT2D eigenvalue weighted by Gasteiger charge is 2.77. The molecule has 24 heavy (non-hydrogen) atoms. The van der Waals surface area contributed by atoms with Crippen molar-refractivity contribution in [2.45, 2.75) is 64.2 Å². The first kappa shape index (κ1) is 22.8. The lowest BCUT2D eigenvalue weighted by atomic mass is 9.82. The van der Waals surface area contributed by atoms with E-state index in [4.69, 9.17) is 4.74 Å². The second-order valence-corrected chi connectivity index (χ2v) is 12.5. The zero-order valence-electron chi connectivity index (χ0n) is 14.7. The number of alkyl halides is 5. The van der Waals surface area contributed by atoms with Crippen LogP contribution in [0, 0.1) is 5.41 Å². The van der Waals surface area contributed by atoms with Gasteiger partial charge in [-0.25, -0.2) is 22.0 Å². The highest BCUT2D eigenvalue weighted by Crippen LogP contribution is 2.50. The van der Waals surface area contributed by atoms with E-state index in [-0.39, 0.29) is 0 Å². The summed E-state index contributed by atoms with van der Waals surface area (Å²) in [5.74, 6) is -4.15. The minimum Gasteiger partial charge on any atom is -0.468 e. The summed E-state index contributed by atoms with van der Waals surface area (Å²) in [5.41, 5.74) is -9.88. The van der Waals surface area contributed by atoms with Gasteiger partial charge in [-0.05, 0) is 20.8 Å².